The van der Waals surface area contributed by atoms with Gasteiger partial charge in [0.1, 0.15) is 6.04 Å². The lowest BCUT2D eigenvalue weighted by atomic mass is 9.95. The summed E-state index contributed by atoms with van der Waals surface area (Å²) in [5.41, 5.74) is 3.94. The van der Waals surface area contributed by atoms with E-state index < -0.39 is 0 Å². The van der Waals surface area contributed by atoms with Gasteiger partial charge >= 0.3 is 0 Å². The molecule has 1 aliphatic heterocycles. The number of fused-ring (bicyclic) bond motifs is 1. The molecule has 31 heavy (non-hydrogen) atoms. The van der Waals surface area contributed by atoms with Crippen molar-refractivity contribution in [3.63, 3.8) is 0 Å². The van der Waals surface area contributed by atoms with E-state index in [-0.39, 0.29) is 11.6 Å². The van der Waals surface area contributed by atoms with Gasteiger partial charge in [-0.2, -0.15) is 0 Å². The zero-order valence-corrected chi connectivity index (χ0v) is 18.8. The molecule has 0 unspecified atom stereocenters. The fourth-order valence-electron chi connectivity index (χ4n) is 5.64. The van der Waals surface area contributed by atoms with Gasteiger partial charge in [0.25, 0.3) is 5.56 Å². The molecule has 0 radical (unpaired) electrons. The van der Waals surface area contributed by atoms with E-state index in [2.05, 4.69) is 58.3 Å². The number of aromatic nitrogens is 5. The Hall–Kier alpha value is -2.54. The lowest BCUT2D eigenvalue weighted by molar-refractivity contribution is 0.139. The predicted octanol–water partition coefficient (Wildman–Crippen LogP) is 4.07. The van der Waals surface area contributed by atoms with E-state index in [4.69, 9.17) is 0 Å². The second kappa shape index (κ2) is 8.19. The van der Waals surface area contributed by atoms with Gasteiger partial charge in [-0.05, 0) is 85.7 Å². The van der Waals surface area contributed by atoms with Gasteiger partial charge in [0.2, 0.25) is 0 Å². The van der Waals surface area contributed by atoms with Crippen molar-refractivity contribution in [3.05, 3.63) is 51.1 Å². The van der Waals surface area contributed by atoms with E-state index >= 15 is 0 Å². The van der Waals surface area contributed by atoms with E-state index in [0.29, 0.717) is 12.0 Å². The zero-order valence-electron chi connectivity index (χ0n) is 18.8. The molecular weight excluding hydrogens is 388 g/mol. The Bertz CT molecular complexity index is 1140. The molecule has 7 nitrogen and oxygen atoms in total. The summed E-state index contributed by atoms with van der Waals surface area (Å²) in [6.07, 6.45) is 6.99. The van der Waals surface area contributed by atoms with Crippen LogP contribution in [0.4, 0.5) is 0 Å². The van der Waals surface area contributed by atoms with Crippen LogP contribution in [0.15, 0.2) is 23.0 Å². The molecule has 1 aromatic carbocycles. The summed E-state index contributed by atoms with van der Waals surface area (Å²) >= 11 is 0. The average molecular weight is 421 g/mol. The van der Waals surface area contributed by atoms with Crippen molar-refractivity contribution in [3.8, 4) is 0 Å². The number of hydrogen-bond donors (Lipinski definition) is 1. The minimum atomic E-state index is -0.229. The molecule has 0 amide bonds. The van der Waals surface area contributed by atoms with E-state index in [0.717, 1.165) is 60.2 Å². The summed E-state index contributed by atoms with van der Waals surface area (Å²) < 4.78 is 2.02. The molecule has 0 spiro atoms. The third-order valence-corrected chi connectivity index (χ3v) is 7.12. The number of hydrogen-bond acceptors (Lipinski definition) is 5. The highest BCUT2D eigenvalue weighted by Gasteiger charge is 2.34. The first kappa shape index (κ1) is 20.4. The lowest BCUT2D eigenvalue weighted by Crippen LogP contribution is -2.41. The maximum absolute atomic E-state index is 13.4. The molecule has 2 aliphatic rings. The second-order valence-electron chi connectivity index (χ2n) is 9.66. The van der Waals surface area contributed by atoms with Gasteiger partial charge in [-0.1, -0.05) is 25.8 Å². The Morgan fingerprint density at radius 2 is 1.90 bits per heavy atom. The number of likely N-dealkylation sites (tertiary alicyclic amines) is 1. The number of benzene rings is 1. The molecule has 1 N–H and O–H groups in total. The van der Waals surface area contributed by atoms with Crippen LogP contribution in [-0.4, -0.2) is 43.2 Å². The molecule has 7 heteroatoms. The summed E-state index contributed by atoms with van der Waals surface area (Å²) in [5.74, 6) is 1.41. The largest absolute Gasteiger partial charge is 0.322 e. The van der Waals surface area contributed by atoms with Gasteiger partial charge < -0.3 is 4.98 Å². The molecule has 164 valence electrons. The minimum absolute atomic E-state index is 0.0401. The normalized spacial score (nSPS) is 21.7. The van der Waals surface area contributed by atoms with Crippen molar-refractivity contribution in [1.29, 1.82) is 0 Å². The first-order chi connectivity index (χ1) is 15.0. The van der Waals surface area contributed by atoms with Crippen LogP contribution in [-0.2, 0) is 0 Å². The standard InChI is InChI=1S/C24H32N6O/c1-15-7-6-10-29(14-15)22(23-26-27-28-30(23)18-8-4-5-9-18)20-13-19-17(3)11-16(2)12-21(19)25-24(20)31/h11-13,15,18,22H,4-10,14H2,1-3H3,(H,25,31)/t15-,22+/m0/s1. The number of tetrazole rings is 1. The fraction of sp³-hybridized carbons (Fsp3) is 0.583. The van der Waals surface area contributed by atoms with Crippen molar-refractivity contribution in [2.75, 3.05) is 13.1 Å². The first-order valence-electron chi connectivity index (χ1n) is 11.7. The van der Waals surface area contributed by atoms with Gasteiger partial charge in [-0.25, -0.2) is 4.68 Å². The third kappa shape index (κ3) is 3.80. The van der Waals surface area contributed by atoms with Crippen LogP contribution in [0, 0.1) is 19.8 Å². The molecule has 1 saturated carbocycles. The van der Waals surface area contributed by atoms with E-state index in [1.165, 1.54) is 24.8 Å². The van der Waals surface area contributed by atoms with Crippen LogP contribution < -0.4 is 5.56 Å². The number of nitrogens with one attached hydrogen (secondary N) is 1. The highest BCUT2D eigenvalue weighted by molar-refractivity contribution is 5.83. The molecule has 0 bridgehead atoms. The SMILES string of the molecule is Cc1cc(C)c2cc([C@H](c3nnnn3C3CCCC3)N3CCC[C@H](C)C3)c(=O)[nH]c2c1. The summed E-state index contributed by atoms with van der Waals surface area (Å²) in [7, 11) is 0. The smallest absolute Gasteiger partial charge is 0.253 e. The van der Waals surface area contributed by atoms with Crippen LogP contribution in [0.25, 0.3) is 10.9 Å². The third-order valence-electron chi connectivity index (χ3n) is 7.12. The van der Waals surface area contributed by atoms with E-state index in [9.17, 15) is 4.79 Å². The Morgan fingerprint density at radius 3 is 2.68 bits per heavy atom. The van der Waals surface area contributed by atoms with Crippen LogP contribution >= 0.6 is 0 Å². The van der Waals surface area contributed by atoms with Gasteiger partial charge in [0.15, 0.2) is 5.82 Å². The molecule has 3 heterocycles. The number of piperidine rings is 1. The Balaban J connectivity index is 1.67. The number of pyridine rings is 1. The Morgan fingerprint density at radius 1 is 1.10 bits per heavy atom. The molecule has 5 rings (SSSR count). The predicted molar refractivity (Wildman–Crippen MR) is 121 cm³/mol. The zero-order chi connectivity index (χ0) is 21.5. The van der Waals surface area contributed by atoms with Crippen LogP contribution in [0.2, 0.25) is 0 Å². The quantitative estimate of drug-likeness (QED) is 0.688. The van der Waals surface area contributed by atoms with Gasteiger partial charge in [0, 0.05) is 23.0 Å². The summed E-state index contributed by atoms with van der Waals surface area (Å²) in [5, 5.41) is 14.1. The molecule has 2 fully saturated rings. The Labute approximate surface area is 182 Å². The maximum atomic E-state index is 13.4. The molecule has 1 saturated heterocycles. The number of nitrogens with zero attached hydrogens (tertiary/aromatic N) is 5. The van der Waals surface area contributed by atoms with Crippen LogP contribution in [0.3, 0.4) is 0 Å². The highest BCUT2D eigenvalue weighted by atomic mass is 16.1. The highest BCUT2D eigenvalue weighted by Crippen LogP contribution is 2.35. The Kier molecular flexibility index (Phi) is 5.38. The van der Waals surface area contributed by atoms with Crippen molar-refractivity contribution in [2.45, 2.75) is 71.4 Å². The molecule has 3 aromatic rings. The summed E-state index contributed by atoms with van der Waals surface area (Å²) in [4.78, 5) is 19.0. The molecule has 2 aromatic heterocycles. The number of aryl methyl sites for hydroxylation is 2. The average Bonchev–Trinajstić information content (AvgIpc) is 3.40. The van der Waals surface area contributed by atoms with E-state index in [1.54, 1.807) is 0 Å². The van der Waals surface area contributed by atoms with E-state index in [1.807, 2.05) is 10.7 Å². The number of rotatable bonds is 4. The van der Waals surface area contributed by atoms with Crippen molar-refractivity contribution >= 4 is 10.9 Å². The van der Waals surface area contributed by atoms with Gasteiger partial charge in [-0.15, -0.1) is 5.10 Å². The fourth-order valence-corrected chi connectivity index (χ4v) is 5.64. The second-order valence-corrected chi connectivity index (χ2v) is 9.66. The topological polar surface area (TPSA) is 79.7 Å². The minimum Gasteiger partial charge on any atom is -0.322 e. The molecular formula is C24H32N6O. The van der Waals surface area contributed by atoms with Crippen molar-refractivity contribution in [1.82, 2.24) is 30.1 Å². The lowest BCUT2D eigenvalue weighted by Gasteiger charge is -2.36. The number of aromatic amines is 1. The van der Waals surface area contributed by atoms with Crippen LogP contribution in [0.1, 0.15) is 80.0 Å². The maximum Gasteiger partial charge on any atom is 0.253 e. The van der Waals surface area contributed by atoms with Crippen molar-refractivity contribution in [2.24, 2.45) is 5.92 Å². The van der Waals surface area contributed by atoms with Crippen LogP contribution in [0.5, 0.6) is 0 Å². The monoisotopic (exact) mass is 420 g/mol. The summed E-state index contributed by atoms with van der Waals surface area (Å²) in [6.45, 7) is 8.37. The summed E-state index contributed by atoms with van der Waals surface area (Å²) in [6, 6.07) is 6.41. The van der Waals surface area contributed by atoms with Gasteiger partial charge in [-0.3, -0.25) is 9.69 Å². The van der Waals surface area contributed by atoms with Gasteiger partial charge in [0.05, 0.1) is 6.04 Å². The number of H-pyrrole nitrogens is 1. The molecule has 1 aliphatic carbocycles. The first-order valence-corrected chi connectivity index (χ1v) is 11.7. The molecule has 2 atom stereocenters. The van der Waals surface area contributed by atoms with Crippen molar-refractivity contribution < 1.29 is 0 Å².